The number of aliphatic hydroxyl groups excluding tert-OH is 1. The van der Waals surface area contributed by atoms with Gasteiger partial charge in [-0.15, -0.1) is 0 Å². The minimum atomic E-state index is -0.211. The lowest BCUT2D eigenvalue weighted by Crippen LogP contribution is -1.95. The fourth-order valence-electron chi connectivity index (χ4n) is 1.09. The number of hydrogen-bond donors (Lipinski definition) is 2. The molecule has 0 radical (unpaired) electrons. The van der Waals surface area contributed by atoms with E-state index < -0.39 is 0 Å². The van der Waals surface area contributed by atoms with Crippen LogP contribution in [0.15, 0.2) is 24.3 Å². The Morgan fingerprint density at radius 1 is 1.29 bits per heavy atom. The van der Waals surface area contributed by atoms with Crippen molar-refractivity contribution >= 4 is 5.97 Å². The van der Waals surface area contributed by atoms with Crippen LogP contribution in [0.4, 0.5) is 0 Å². The molecule has 0 aliphatic carbocycles. The summed E-state index contributed by atoms with van der Waals surface area (Å²) in [5, 5.41) is 8.59. The lowest BCUT2D eigenvalue weighted by molar-refractivity contribution is -0.140. The first-order valence-electron chi connectivity index (χ1n) is 5.40. The van der Waals surface area contributed by atoms with E-state index in [1.807, 2.05) is 12.1 Å². The Morgan fingerprint density at radius 2 is 1.82 bits per heavy atom. The van der Waals surface area contributed by atoms with Crippen molar-refractivity contribution in [1.29, 1.82) is 0 Å². The number of carbonyl (C=O) groups excluding carboxylic acids is 1. The first-order chi connectivity index (χ1) is 7.60. The Morgan fingerprint density at radius 3 is 2.12 bits per heavy atom. The van der Waals surface area contributed by atoms with Crippen molar-refractivity contribution in [3.05, 3.63) is 35.4 Å². The van der Waals surface area contributed by atoms with Crippen LogP contribution in [0.2, 0.25) is 0 Å². The van der Waals surface area contributed by atoms with E-state index in [4.69, 9.17) is 5.11 Å². The number of benzene rings is 1. The summed E-state index contributed by atoms with van der Waals surface area (Å²) in [6, 6.07) is 8.22. The van der Waals surface area contributed by atoms with Crippen LogP contribution in [0.5, 0.6) is 0 Å². The quantitative estimate of drug-likeness (QED) is 0.795. The molecule has 1 rings (SSSR count). The van der Waals surface area contributed by atoms with E-state index >= 15 is 0 Å². The Balaban J connectivity index is 0. The van der Waals surface area contributed by atoms with E-state index in [9.17, 15) is 4.79 Å². The molecular formula is C13H23NO3. The van der Waals surface area contributed by atoms with Gasteiger partial charge in [0.05, 0.1) is 6.61 Å². The van der Waals surface area contributed by atoms with Gasteiger partial charge >= 0.3 is 5.97 Å². The SMILES string of the molecule is CCOC(C)=O.Cc1ccc(CCO)cc1.N. The summed E-state index contributed by atoms with van der Waals surface area (Å²) in [6.45, 7) is 5.95. The molecular weight excluding hydrogens is 218 g/mol. The van der Waals surface area contributed by atoms with Gasteiger partial charge in [0.1, 0.15) is 0 Å². The average molecular weight is 241 g/mol. The van der Waals surface area contributed by atoms with Gasteiger partial charge in [0.2, 0.25) is 0 Å². The molecule has 0 atom stereocenters. The number of carbonyl (C=O) groups is 1. The van der Waals surface area contributed by atoms with E-state index in [0.29, 0.717) is 6.61 Å². The van der Waals surface area contributed by atoms with Crippen LogP contribution in [-0.4, -0.2) is 24.3 Å². The second-order valence-electron chi connectivity index (χ2n) is 3.38. The summed E-state index contributed by atoms with van der Waals surface area (Å²) in [7, 11) is 0. The van der Waals surface area contributed by atoms with Crippen molar-refractivity contribution in [1.82, 2.24) is 6.15 Å². The highest BCUT2D eigenvalue weighted by molar-refractivity contribution is 5.65. The molecule has 0 amide bonds. The highest BCUT2D eigenvalue weighted by atomic mass is 16.5. The zero-order valence-corrected chi connectivity index (χ0v) is 10.9. The largest absolute Gasteiger partial charge is 0.466 e. The number of rotatable bonds is 3. The lowest BCUT2D eigenvalue weighted by atomic mass is 10.1. The average Bonchev–Trinajstić information content (AvgIpc) is 2.22. The van der Waals surface area contributed by atoms with E-state index in [-0.39, 0.29) is 18.7 Å². The summed E-state index contributed by atoms with van der Waals surface area (Å²) >= 11 is 0. The van der Waals surface area contributed by atoms with Gasteiger partial charge in [0, 0.05) is 13.5 Å². The Bertz CT molecular complexity index is 296. The summed E-state index contributed by atoms with van der Waals surface area (Å²) in [6.07, 6.45) is 0.764. The molecule has 0 aromatic heterocycles. The lowest BCUT2D eigenvalue weighted by Gasteiger charge is -1.96. The number of aliphatic hydroxyl groups is 1. The standard InChI is InChI=1S/C9H12O.C4H8O2.H3N/c1-8-2-4-9(5-3-8)6-7-10;1-3-6-4(2)5;/h2-5,10H,6-7H2,1H3;3H2,1-2H3;1H3. The van der Waals surface area contributed by atoms with Crippen molar-refractivity contribution < 1.29 is 14.6 Å². The second kappa shape index (κ2) is 11.1. The number of ether oxygens (including phenoxy) is 1. The van der Waals surface area contributed by atoms with E-state index in [1.165, 1.54) is 18.1 Å². The van der Waals surface area contributed by atoms with Crippen LogP contribution in [0, 0.1) is 6.92 Å². The molecule has 0 saturated carbocycles. The molecule has 0 bridgehead atoms. The van der Waals surface area contributed by atoms with Gasteiger partial charge in [0.15, 0.2) is 0 Å². The topological polar surface area (TPSA) is 81.5 Å². The van der Waals surface area contributed by atoms with Gasteiger partial charge in [-0.3, -0.25) is 4.79 Å². The molecule has 0 fully saturated rings. The van der Waals surface area contributed by atoms with Crippen molar-refractivity contribution in [2.45, 2.75) is 27.2 Å². The first-order valence-corrected chi connectivity index (χ1v) is 5.40. The van der Waals surface area contributed by atoms with Gasteiger partial charge in [-0.2, -0.15) is 0 Å². The molecule has 4 nitrogen and oxygen atoms in total. The predicted molar refractivity (Wildman–Crippen MR) is 69.3 cm³/mol. The molecule has 1 aromatic rings. The molecule has 4 heteroatoms. The maximum atomic E-state index is 9.82. The minimum Gasteiger partial charge on any atom is -0.466 e. The Hall–Kier alpha value is -1.39. The number of esters is 1. The fourth-order valence-corrected chi connectivity index (χ4v) is 1.09. The van der Waals surface area contributed by atoms with Crippen LogP contribution in [0.3, 0.4) is 0 Å². The molecule has 1 aromatic carbocycles. The third kappa shape index (κ3) is 10.9. The summed E-state index contributed by atoms with van der Waals surface area (Å²) < 4.78 is 4.40. The Kier molecular flexibility index (Phi) is 11.8. The maximum absolute atomic E-state index is 9.82. The third-order valence-electron chi connectivity index (χ3n) is 1.87. The van der Waals surface area contributed by atoms with Gasteiger partial charge in [-0.05, 0) is 25.8 Å². The highest BCUT2D eigenvalue weighted by Crippen LogP contribution is 2.02. The fraction of sp³-hybridized carbons (Fsp3) is 0.462. The zero-order chi connectivity index (χ0) is 12.4. The van der Waals surface area contributed by atoms with Gasteiger partial charge in [-0.1, -0.05) is 29.8 Å². The second-order valence-corrected chi connectivity index (χ2v) is 3.38. The maximum Gasteiger partial charge on any atom is 0.302 e. The third-order valence-corrected chi connectivity index (χ3v) is 1.87. The van der Waals surface area contributed by atoms with Crippen LogP contribution in [0.25, 0.3) is 0 Å². The van der Waals surface area contributed by atoms with Gasteiger partial charge in [0.25, 0.3) is 0 Å². The summed E-state index contributed by atoms with van der Waals surface area (Å²) in [5.74, 6) is -0.211. The number of hydrogen-bond acceptors (Lipinski definition) is 4. The summed E-state index contributed by atoms with van der Waals surface area (Å²) in [4.78, 5) is 9.82. The smallest absolute Gasteiger partial charge is 0.302 e. The van der Waals surface area contributed by atoms with Gasteiger partial charge in [-0.25, -0.2) is 0 Å². The summed E-state index contributed by atoms with van der Waals surface area (Å²) in [5.41, 5.74) is 2.47. The monoisotopic (exact) mass is 241 g/mol. The van der Waals surface area contributed by atoms with Crippen molar-refractivity contribution in [2.75, 3.05) is 13.2 Å². The van der Waals surface area contributed by atoms with Crippen molar-refractivity contribution in [3.63, 3.8) is 0 Å². The molecule has 98 valence electrons. The molecule has 17 heavy (non-hydrogen) atoms. The minimum absolute atomic E-state index is 0. The van der Waals surface area contributed by atoms with E-state index in [0.717, 1.165) is 6.42 Å². The van der Waals surface area contributed by atoms with Crippen LogP contribution in [-0.2, 0) is 16.0 Å². The van der Waals surface area contributed by atoms with E-state index in [2.05, 4.69) is 23.8 Å². The van der Waals surface area contributed by atoms with Crippen molar-refractivity contribution in [3.8, 4) is 0 Å². The molecule has 0 saturated heterocycles. The van der Waals surface area contributed by atoms with E-state index in [1.54, 1.807) is 6.92 Å². The molecule has 0 heterocycles. The Labute approximate surface area is 103 Å². The molecule has 0 aliphatic rings. The molecule has 0 unspecified atom stereocenters. The normalized spacial score (nSPS) is 8.47. The highest BCUT2D eigenvalue weighted by Gasteiger charge is 1.88. The molecule has 0 aliphatic heterocycles. The first kappa shape index (κ1) is 18.0. The zero-order valence-electron chi connectivity index (χ0n) is 10.9. The molecule has 0 spiro atoms. The van der Waals surface area contributed by atoms with Gasteiger partial charge < -0.3 is 16.0 Å². The van der Waals surface area contributed by atoms with Crippen molar-refractivity contribution in [2.24, 2.45) is 0 Å². The number of aryl methyl sites for hydroxylation is 1. The van der Waals surface area contributed by atoms with Crippen LogP contribution >= 0.6 is 0 Å². The molecule has 4 N–H and O–H groups in total. The van der Waals surface area contributed by atoms with Crippen LogP contribution < -0.4 is 6.15 Å². The van der Waals surface area contributed by atoms with Crippen LogP contribution in [0.1, 0.15) is 25.0 Å². The predicted octanol–water partition coefficient (Wildman–Crippen LogP) is 2.26.